The third kappa shape index (κ3) is 4.35. The molecule has 0 saturated heterocycles. The first kappa shape index (κ1) is 19.1. The molecule has 0 aromatic heterocycles. The molecule has 6 heteroatoms. The van der Waals surface area contributed by atoms with Crippen molar-refractivity contribution in [3.8, 4) is 0 Å². The van der Waals surface area contributed by atoms with Gasteiger partial charge in [-0.1, -0.05) is 54.1 Å². The Morgan fingerprint density at radius 1 is 1.04 bits per heavy atom. The lowest BCUT2D eigenvalue weighted by atomic mass is 10.00. The molecule has 0 aliphatic carbocycles. The maximum absolute atomic E-state index is 13.1. The van der Waals surface area contributed by atoms with Crippen molar-refractivity contribution < 1.29 is 17.9 Å². The number of carbonyl (C=O) groups is 1. The van der Waals surface area contributed by atoms with E-state index in [-0.39, 0.29) is 18.0 Å². The largest absolute Gasteiger partial charge is 0.466 e. The van der Waals surface area contributed by atoms with Crippen molar-refractivity contribution >= 4 is 21.6 Å². The van der Waals surface area contributed by atoms with Crippen molar-refractivity contribution in [1.29, 1.82) is 0 Å². The van der Waals surface area contributed by atoms with E-state index in [0.717, 1.165) is 16.7 Å². The van der Waals surface area contributed by atoms with Gasteiger partial charge < -0.3 is 4.74 Å². The highest BCUT2D eigenvalue weighted by atomic mass is 32.2. The van der Waals surface area contributed by atoms with Gasteiger partial charge in [0.2, 0.25) is 10.0 Å². The lowest BCUT2D eigenvalue weighted by Gasteiger charge is -2.28. The third-order valence-corrected chi connectivity index (χ3v) is 6.18. The number of rotatable bonds is 4. The van der Waals surface area contributed by atoms with Gasteiger partial charge in [-0.05, 0) is 35.8 Å². The Morgan fingerprint density at radius 3 is 2.33 bits per heavy atom. The average Bonchev–Trinajstić information content (AvgIpc) is 2.68. The second-order valence-electron chi connectivity index (χ2n) is 6.36. The highest BCUT2D eigenvalue weighted by Gasteiger charge is 2.29. The monoisotopic (exact) mass is 383 g/mol. The molecule has 140 valence electrons. The van der Waals surface area contributed by atoms with Crippen molar-refractivity contribution in [3.63, 3.8) is 0 Å². The van der Waals surface area contributed by atoms with Crippen LogP contribution in [0.25, 0.3) is 5.57 Å². The summed E-state index contributed by atoms with van der Waals surface area (Å²) in [5.41, 5.74) is 3.32. The first-order chi connectivity index (χ1) is 12.9. The number of benzene rings is 2. The molecule has 5 nitrogen and oxygen atoms in total. The summed E-state index contributed by atoms with van der Waals surface area (Å²) in [6.45, 7) is 2.26. The summed E-state index contributed by atoms with van der Waals surface area (Å²) in [6.07, 6.45) is 3.19. The van der Waals surface area contributed by atoms with E-state index in [1.54, 1.807) is 24.3 Å². The topological polar surface area (TPSA) is 63.7 Å². The van der Waals surface area contributed by atoms with Crippen LogP contribution in [0.1, 0.15) is 11.1 Å². The minimum absolute atomic E-state index is 0.113. The van der Waals surface area contributed by atoms with Gasteiger partial charge >= 0.3 is 5.97 Å². The van der Waals surface area contributed by atoms with E-state index in [4.69, 9.17) is 4.74 Å². The Labute approximate surface area is 159 Å². The minimum Gasteiger partial charge on any atom is -0.466 e. The second-order valence-corrected chi connectivity index (χ2v) is 8.30. The van der Waals surface area contributed by atoms with Crippen LogP contribution in [0.5, 0.6) is 0 Å². The van der Waals surface area contributed by atoms with Crippen molar-refractivity contribution in [1.82, 2.24) is 4.31 Å². The molecule has 0 N–H and O–H groups in total. The zero-order chi connectivity index (χ0) is 19.4. The summed E-state index contributed by atoms with van der Waals surface area (Å²) >= 11 is 0. The van der Waals surface area contributed by atoms with Crippen molar-refractivity contribution in [3.05, 3.63) is 83.4 Å². The quantitative estimate of drug-likeness (QED) is 0.601. The maximum Gasteiger partial charge on any atom is 0.330 e. The van der Waals surface area contributed by atoms with Crippen LogP contribution in [0.2, 0.25) is 0 Å². The number of carbonyl (C=O) groups excluding carboxylic acids is 1. The molecule has 3 rings (SSSR count). The van der Waals surface area contributed by atoms with Crippen LogP contribution in [-0.4, -0.2) is 38.9 Å². The van der Waals surface area contributed by atoms with Crippen LogP contribution in [-0.2, 0) is 19.6 Å². The fraction of sp³-hybridized carbons (Fsp3) is 0.190. The smallest absolute Gasteiger partial charge is 0.330 e. The number of sulfonamides is 1. The number of hydrogen-bond acceptors (Lipinski definition) is 4. The van der Waals surface area contributed by atoms with Crippen molar-refractivity contribution in [2.45, 2.75) is 11.8 Å². The molecular formula is C21H21NO4S. The summed E-state index contributed by atoms with van der Waals surface area (Å²) in [7, 11) is -2.40. The molecule has 2 aromatic rings. The van der Waals surface area contributed by atoms with Crippen molar-refractivity contribution in [2.75, 3.05) is 20.2 Å². The molecule has 0 radical (unpaired) electrons. The van der Waals surface area contributed by atoms with Gasteiger partial charge in [0.1, 0.15) is 0 Å². The summed E-state index contributed by atoms with van der Waals surface area (Å²) in [5.74, 6) is -0.511. The number of nitrogens with zero attached hydrogens (tertiary/aromatic N) is 1. The molecule has 0 saturated carbocycles. The van der Waals surface area contributed by atoms with Crippen LogP contribution < -0.4 is 0 Å². The molecular weight excluding hydrogens is 362 g/mol. The molecule has 1 heterocycles. The molecule has 0 bridgehead atoms. The summed E-state index contributed by atoms with van der Waals surface area (Å²) in [4.78, 5) is 11.9. The van der Waals surface area contributed by atoms with Crippen LogP contribution >= 0.6 is 0 Å². The van der Waals surface area contributed by atoms with Gasteiger partial charge in [0.05, 0.1) is 12.0 Å². The van der Waals surface area contributed by atoms with E-state index in [9.17, 15) is 13.2 Å². The number of hydrogen-bond donors (Lipinski definition) is 0. The normalized spacial score (nSPS) is 16.8. The second kappa shape index (κ2) is 7.90. The molecule has 2 aromatic carbocycles. The Bertz CT molecular complexity index is 990. The molecule has 0 spiro atoms. The zero-order valence-electron chi connectivity index (χ0n) is 15.3. The Balaban J connectivity index is 2.02. The first-order valence-electron chi connectivity index (χ1n) is 8.51. The first-order valence-corrected chi connectivity index (χ1v) is 9.95. The van der Waals surface area contributed by atoms with E-state index in [1.165, 1.54) is 17.5 Å². The highest BCUT2D eigenvalue weighted by molar-refractivity contribution is 7.89. The highest BCUT2D eigenvalue weighted by Crippen LogP contribution is 2.28. The Hall–Kier alpha value is -2.70. The fourth-order valence-corrected chi connectivity index (χ4v) is 4.32. The van der Waals surface area contributed by atoms with Crippen LogP contribution in [0.4, 0.5) is 0 Å². The Morgan fingerprint density at radius 2 is 1.70 bits per heavy atom. The van der Waals surface area contributed by atoms with Crippen LogP contribution in [0.15, 0.2) is 77.2 Å². The minimum atomic E-state index is -3.70. The SMILES string of the molecule is COC(=O)/C=C1\C=C(c2ccccc2)CN(S(=O)(=O)c2ccc(C)cc2)C1. The standard InChI is InChI=1S/C21H21NO4S/c1-16-8-10-20(11-9-16)27(24,25)22-14-17(13-21(23)26-2)12-19(15-22)18-6-4-3-5-7-18/h3-13H,14-15H2,1-2H3/b17-13+. The van der Waals surface area contributed by atoms with E-state index in [1.807, 2.05) is 43.3 Å². The predicted octanol–water partition coefficient (Wildman–Crippen LogP) is 3.18. The average molecular weight is 383 g/mol. The molecule has 0 fully saturated rings. The number of methoxy groups -OCH3 is 1. The van der Waals surface area contributed by atoms with Gasteiger partial charge in [0.15, 0.2) is 0 Å². The van der Waals surface area contributed by atoms with Crippen LogP contribution in [0, 0.1) is 6.92 Å². The van der Waals surface area contributed by atoms with E-state index in [0.29, 0.717) is 5.57 Å². The van der Waals surface area contributed by atoms with Gasteiger partial charge in [-0.15, -0.1) is 0 Å². The summed E-state index contributed by atoms with van der Waals surface area (Å²) in [6, 6.07) is 16.3. The number of ether oxygens (including phenoxy) is 1. The van der Waals surface area contributed by atoms with Gasteiger partial charge in [0.25, 0.3) is 0 Å². The lowest BCUT2D eigenvalue weighted by molar-refractivity contribution is -0.134. The number of aryl methyl sites for hydroxylation is 1. The lowest BCUT2D eigenvalue weighted by Crippen LogP contribution is -2.36. The molecule has 0 atom stereocenters. The number of esters is 1. The maximum atomic E-state index is 13.1. The van der Waals surface area contributed by atoms with Gasteiger partial charge in [-0.25, -0.2) is 13.2 Å². The zero-order valence-corrected chi connectivity index (χ0v) is 16.1. The predicted molar refractivity (Wildman–Crippen MR) is 104 cm³/mol. The molecule has 27 heavy (non-hydrogen) atoms. The van der Waals surface area contributed by atoms with Gasteiger partial charge in [-0.2, -0.15) is 4.31 Å². The molecule has 1 aliphatic heterocycles. The van der Waals surface area contributed by atoms with E-state index >= 15 is 0 Å². The van der Waals surface area contributed by atoms with Crippen molar-refractivity contribution in [2.24, 2.45) is 0 Å². The third-order valence-electron chi connectivity index (χ3n) is 4.37. The van der Waals surface area contributed by atoms with Gasteiger partial charge in [-0.3, -0.25) is 0 Å². The van der Waals surface area contributed by atoms with E-state index < -0.39 is 16.0 Å². The summed E-state index contributed by atoms with van der Waals surface area (Å²) < 4.78 is 32.3. The molecule has 1 aliphatic rings. The molecule has 0 amide bonds. The fourth-order valence-electron chi connectivity index (χ4n) is 2.92. The Kier molecular flexibility index (Phi) is 5.58. The van der Waals surface area contributed by atoms with Crippen LogP contribution in [0.3, 0.4) is 0 Å². The van der Waals surface area contributed by atoms with E-state index in [2.05, 4.69) is 0 Å². The van der Waals surface area contributed by atoms with Gasteiger partial charge in [0, 0.05) is 19.2 Å². The molecule has 0 unspecified atom stereocenters. The summed E-state index contributed by atoms with van der Waals surface area (Å²) in [5, 5.41) is 0.